The summed E-state index contributed by atoms with van der Waals surface area (Å²) in [6.45, 7) is 6.34. The van der Waals surface area contributed by atoms with Crippen LogP contribution in [0.2, 0.25) is 0 Å². The Labute approximate surface area is 197 Å². The molecule has 9 heteroatoms. The maximum atomic E-state index is 13.4. The zero-order chi connectivity index (χ0) is 23.7. The van der Waals surface area contributed by atoms with Crippen LogP contribution in [0.3, 0.4) is 0 Å². The van der Waals surface area contributed by atoms with Crippen LogP contribution in [-0.2, 0) is 11.3 Å². The predicted molar refractivity (Wildman–Crippen MR) is 130 cm³/mol. The molecule has 178 valence electrons. The number of amides is 1. The molecule has 5 rings (SSSR count). The molecule has 1 atom stereocenters. The summed E-state index contributed by atoms with van der Waals surface area (Å²) in [6, 6.07) is 10.2. The maximum absolute atomic E-state index is 13.4. The van der Waals surface area contributed by atoms with Crippen molar-refractivity contribution in [1.82, 2.24) is 19.4 Å². The lowest BCUT2D eigenvalue weighted by molar-refractivity contribution is -0.136. The standard InChI is InChI=1S/C25H29FN6O2/c1-2-32-22-21(6-3-11-27-22)28-23(25(32)34)31-12-4-5-18(17-31)24(33)30-15-13-29(14-16-30)20-9-7-19(26)8-10-20/h3,6-11,18H,2,4-5,12-17H2,1H3/t18-/m0/s1. The van der Waals surface area contributed by atoms with Gasteiger partial charge in [0, 0.05) is 57.7 Å². The van der Waals surface area contributed by atoms with Gasteiger partial charge in [0.05, 0.1) is 5.92 Å². The van der Waals surface area contributed by atoms with Crippen molar-refractivity contribution in [3.05, 3.63) is 58.8 Å². The molecule has 2 saturated heterocycles. The fourth-order valence-corrected chi connectivity index (χ4v) is 5.03. The molecule has 2 fully saturated rings. The topological polar surface area (TPSA) is 74.6 Å². The van der Waals surface area contributed by atoms with Gasteiger partial charge in [-0.15, -0.1) is 0 Å². The summed E-state index contributed by atoms with van der Waals surface area (Å²) in [5.41, 5.74) is 2.09. The van der Waals surface area contributed by atoms with Gasteiger partial charge in [-0.25, -0.2) is 14.4 Å². The predicted octanol–water partition coefficient (Wildman–Crippen LogP) is 2.52. The molecule has 1 amide bonds. The lowest BCUT2D eigenvalue weighted by Gasteiger charge is -2.40. The fourth-order valence-electron chi connectivity index (χ4n) is 5.03. The third-order valence-corrected chi connectivity index (χ3v) is 6.85. The zero-order valence-electron chi connectivity index (χ0n) is 19.4. The first-order valence-electron chi connectivity index (χ1n) is 11.9. The number of rotatable bonds is 4. The molecule has 1 aromatic carbocycles. The van der Waals surface area contributed by atoms with Crippen LogP contribution in [0.25, 0.3) is 11.2 Å². The number of piperidine rings is 1. The molecule has 34 heavy (non-hydrogen) atoms. The number of carbonyl (C=O) groups excluding carboxylic acids is 1. The van der Waals surface area contributed by atoms with E-state index in [-0.39, 0.29) is 23.2 Å². The number of piperazine rings is 1. The normalized spacial score (nSPS) is 19.0. The van der Waals surface area contributed by atoms with E-state index in [4.69, 9.17) is 0 Å². The van der Waals surface area contributed by atoms with Gasteiger partial charge < -0.3 is 14.7 Å². The van der Waals surface area contributed by atoms with E-state index in [0.29, 0.717) is 62.8 Å². The van der Waals surface area contributed by atoms with Gasteiger partial charge in [0.25, 0.3) is 5.56 Å². The molecule has 0 saturated carbocycles. The quantitative estimate of drug-likeness (QED) is 0.591. The highest BCUT2D eigenvalue weighted by atomic mass is 19.1. The van der Waals surface area contributed by atoms with E-state index in [9.17, 15) is 14.0 Å². The number of hydrogen-bond acceptors (Lipinski definition) is 6. The van der Waals surface area contributed by atoms with Crippen LogP contribution in [0.4, 0.5) is 15.9 Å². The number of halogens is 1. The van der Waals surface area contributed by atoms with Crippen molar-refractivity contribution in [1.29, 1.82) is 0 Å². The van der Waals surface area contributed by atoms with Crippen molar-refractivity contribution in [3.8, 4) is 0 Å². The van der Waals surface area contributed by atoms with E-state index in [0.717, 1.165) is 18.5 Å². The van der Waals surface area contributed by atoms with Crippen LogP contribution in [0.1, 0.15) is 19.8 Å². The van der Waals surface area contributed by atoms with Gasteiger partial charge in [-0.05, 0) is 56.2 Å². The average Bonchev–Trinajstić information content (AvgIpc) is 2.88. The van der Waals surface area contributed by atoms with Gasteiger partial charge >= 0.3 is 0 Å². The largest absolute Gasteiger partial charge is 0.368 e. The Balaban J connectivity index is 1.29. The highest BCUT2D eigenvalue weighted by molar-refractivity contribution is 5.80. The molecule has 0 N–H and O–H groups in total. The fraction of sp³-hybridized carbons (Fsp3) is 0.440. The lowest BCUT2D eigenvalue weighted by Crippen LogP contribution is -2.53. The van der Waals surface area contributed by atoms with Crippen LogP contribution in [0.5, 0.6) is 0 Å². The Morgan fingerprint density at radius 1 is 1.06 bits per heavy atom. The monoisotopic (exact) mass is 464 g/mol. The Hall–Kier alpha value is -3.49. The number of benzene rings is 1. The maximum Gasteiger partial charge on any atom is 0.295 e. The number of aromatic nitrogens is 3. The molecule has 0 aliphatic carbocycles. The molecule has 2 aliphatic rings. The van der Waals surface area contributed by atoms with Crippen molar-refractivity contribution < 1.29 is 9.18 Å². The second kappa shape index (κ2) is 9.40. The van der Waals surface area contributed by atoms with Gasteiger partial charge in [-0.1, -0.05) is 0 Å². The summed E-state index contributed by atoms with van der Waals surface area (Å²) in [6.07, 6.45) is 3.32. The van der Waals surface area contributed by atoms with E-state index < -0.39 is 0 Å². The highest BCUT2D eigenvalue weighted by Crippen LogP contribution is 2.24. The van der Waals surface area contributed by atoms with Crippen molar-refractivity contribution in [2.24, 2.45) is 5.92 Å². The van der Waals surface area contributed by atoms with Crippen molar-refractivity contribution in [3.63, 3.8) is 0 Å². The van der Waals surface area contributed by atoms with Crippen LogP contribution >= 0.6 is 0 Å². The number of carbonyl (C=O) groups is 1. The number of nitrogens with zero attached hydrogens (tertiary/aromatic N) is 6. The van der Waals surface area contributed by atoms with Gasteiger partial charge in [0.2, 0.25) is 5.91 Å². The first-order valence-corrected chi connectivity index (χ1v) is 11.9. The number of anilines is 2. The molecular weight excluding hydrogens is 435 g/mol. The molecule has 3 aromatic rings. The van der Waals surface area contributed by atoms with Gasteiger partial charge in [0.1, 0.15) is 11.3 Å². The second-order valence-corrected chi connectivity index (χ2v) is 8.90. The van der Waals surface area contributed by atoms with E-state index in [1.165, 1.54) is 12.1 Å². The molecule has 4 heterocycles. The average molecular weight is 465 g/mol. The number of fused-ring (bicyclic) bond motifs is 1. The van der Waals surface area contributed by atoms with Crippen molar-refractivity contribution in [2.45, 2.75) is 26.3 Å². The lowest BCUT2D eigenvalue weighted by atomic mass is 9.96. The number of aryl methyl sites for hydroxylation is 1. The summed E-state index contributed by atoms with van der Waals surface area (Å²) in [5.74, 6) is 0.136. The second-order valence-electron chi connectivity index (χ2n) is 8.90. The molecule has 0 bridgehead atoms. The van der Waals surface area contributed by atoms with Gasteiger partial charge in [0.15, 0.2) is 11.5 Å². The number of hydrogen-bond donors (Lipinski definition) is 0. The minimum absolute atomic E-state index is 0.140. The summed E-state index contributed by atoms with van der Waals surface area (Å²) in [4.78, 5) is 41.6. The minimum Gasteiger partial charge on any atom is -0.368 e. The van der Waals surface area contributed by atoms with Gasteiger partial charge in [-0.2, -0.15) is 0 Å². The Kier molecular flexibility index (Phi) is 6.17. The molecule has 2 aromatic heterocycles. The molecule has 8 nitrogen and oxygen atoms in total. The third kappa shape index (κ3) is 4.22. The van der Waals surface area contributed by atoms with Crippen LogP contribution < -0.4 is 15.4 Å². The molecule has 0 radical (unpaired) electrons. The highest BCUT2D eigenvalue weighted by Gasteiger charge is 2.32. The molecular formula is C25H29FN6O2. The Bertz CT molecular complexity index is 1240. The third-order valence-electron chi connectivity index (χ3n) is 6.85. The summed E-state index contributed by atoms with van der Waals surface area (Å²) in [5, 5.41) is 0. The van der Waals surface area contributed by atoms with E-state index in [2.05, 4.69) is 14.9 Å². The van der Waals surface area contributed by atoms with E-state index in [1.54, 1.807) is 22.9 Å². The van der Waals surface area contributed by atoms with Crippen LogP contribution in [0, 0.1) is 11.7 Å². The Morgan fingerprint density at radius 3 is 2.56 bits per heavy atom. The summed E-state index contributed by atoms with van der Waals surface area (Å²) in [7, 11) is 0. The summed E-state index contributed by atoms with van der Waals surface area (Å²) < 4.78 is 14.9. The van der Waals surface area contributed by atoms with Crippen LogP contribution in [0.15, 0.2) is 47.4 Å². The SMILES string of the molecule is CCn1c(=O)c(N2CCC[C@H](C(=O)N3CCN(c4ccc(F)cc4)CC3)C2)nc2cccnc21. The Morgan fingerprint density at radius 2 is 1.82 bits per heavy atom. The van der Waals surface area contributed by atoms with E-state index in [1.807, 2.05) is 28.9 Å². The van der Waals surface area contributed by atoms with Crippen molar-refractivity contribution in [2.75, 3.05) is 49.1 Å². The molecule has 0 unspecified atom stereocenters. The van der Waals surface area contributed by atoms with Crippen LogP contribution in [-0.4, -0.2) is 64.6 Å². The zero-order valence-corrected chi connectivity index (χ0v) is 19.4. The summed E-state index contributed by atoms with van der Waals surface area (Å²) >= 11 is 0. The number of pyridine rings is 1. The van der Waals surface area contributed by atoms with Crippen molar-refractivity contribution >= 4 is 28.6 Å². The molecule has 0 spiro atoms. The minimum atomic E-state index is -0.248. The smallest absolute Gasteiger partial charge is 0.295 e. The molecule has 2 aliphatic heterocycles. The van der Waals surface area contributed by atoms with E-state index >= 15 is 0 Å². The first-order chi connectivity index (χ1) is 16.5. The van der Waals surface area contributed by atoms with Gasteiger partial charge in [-0.3, -0.25) is 14.2 Å². The first kappa shape index (κ1) is 22.3.